The second kappa shape index (κ2) is 5.76. The molecule has 0 bridgehead atoms. The first-order valence-electron chi connectivity index (χ1n) is 6.34. The van der Waals surface area contributed by atoms with E-state index in [9.17, 15) is 9.18 Å². The summed E-state index contributed by atoms with van der Waals surface area (Å²) < 4.78 is 18.9. The minimum absolute atomic E-state index is 0.306. The SMILES string of the molecule is O=C1N=C(N2CCOCC2)S/C1=C\c1ccccc1F. The molecule has 0 unspecified atom stereocenters. The van der Waals surface area contributed by atoms with Gasteiger partial charge in [-0.05, 0) is 23.9 Å². The molecule has 1 aromatic rings. The fourth-order valence-corrected chi connectivity index (χ4v) is 2.98. The Morgan fingerprint density at radius 3 is 2.80 bits per heavy atom. The molecule has 1 saturated heterocycles. The van der Waals surface area contributed by atoms with Gasteiger partial charge in [0.15, 0.2) is 5.17 Å². The van der Waals surface area contributed by atoms with Gasteiger partial charge in [-0.15, -0.1) is 0 Å². The molecule has 0 N–H and O–H groups in total. The smallest absolute Gasteiger partial charge is 0.286 e. The van der Waals surface area contributed by atoms with E-state index in [0.717, 1.165) is 13.1 Å². The predicted molar refractivity (Wildman–Crippen MR) is 76.8 cm³/mol. The van der Waals surface area contributed by atoms with E-state index >= 15 is 0 Å². The normalized spacial score (nSPS) is 21.4. The van der Waals surface area contributed by atoms with E-state index in [1.54, 1.807) is 24.3 Å². The van der Waals surface area contributed by atoms with Crippen molar-refractivity contribution in [2.45, 2.75) is 0 Å². The molecule has 1 fully saturated rings. The van der Waals surface area contributed by atoms with E-state index in [0.29, 0.717) is 28.9 Å². The fraction of sp³-hybridized carbons (Fsp3) is 0.286. The molecule has 0 aliphatic carbocycles. The number of thioether (sulfide) groups is 1. The highest BCUT2D eigenvalue weighted by molar-refractivity contribution is 8.18. The van der Waals surface area contributed by atoms with Crippen LogP contribution in [0.3, 0.4) is 0 Å². The first kappa shape index (κ1) is 13.3. The van der Waals surface area contributed by atoms with Gasteiger partial charge in [0, 0.05) is 18.7 Å². The lowest BCUT2D eigenvalue weighted by atomic mass is 10.2. The Balaban J connectivity index is 1.78. The zero-order chi connectivity index (χ0) is 13.9. The number of benzene rings is 1. The maximum absolute atomic E-state index is 13.6. The molecule has 0 saturated carbocycles. The van der Waals surface area contributed by atoms with Crippen LogP contribution in [-0.2, 0) is 9.53 Å². The molecular formula is C14H13FN2O2S. The lowest BCUT2D eigenvalue weighted by Crippen LogP contribution is -2.38. The standard InChI is InChI=1S/C14H13FN2O2S/c15-11-4-2-1-3-10(11)9-12-13(18)16-14(20-12)17-5-7-19-8-6-17/h1-4,9H,5-8H2/b12-9-. The summed E-state index contributed by atoms with van der Waals surface area (Å²) in [6, 6.07) is 6.38. The number of ether oxygens (including phenoxy) is 1. The molecule has 2 heterocycles. The topological polar surface area (TPSA) is 41.9 Å². The van der Waals surface area contributed by atoms with Gasteiger partial charge in [0.25, 0.3) is 5.91 Å². The summed E-state index contributed by atoms with van der Waals surface area (Å²) in [5, 5.41) is 0.681. The molecule has 6 heteroatoms. The average molecular weight is 292 g/mol. The van der Waals surface area contributed by atoms with Crippen molar-refractivity contribution in [3.05, 3.63) is 40.6 Å². The third kappa shape index (κ3) is 2.76. The van der Waals surface area contributed by atoms with Gasteiger partial charge < -0.3 is 9.64 Å². The van der Waals surface area contributed by atoms with Gasteiger partial charge in [0.2, 0.25) is 0 Å². The van der Waals surface area contributed by atoms with Gasteiger partial charge in [-0.25, -0.2) is 4.39 Å². The number of carbonyl (C=O) groups excluding carboxylic acids is 1. The van der Waals surface area contributed by atoms with Gasteiger partial charge in [0.05, 0.1) is 18.1 Å². The van der Waals surface area contributed by atoms with Crippen molar-refractivity contribution in [3.63, 3.8) is 0 Å². The Hall–Kier alpha value is -1.66. The molecule has 2 aliphatic rings. The van der Waals surface area contributed by atoms with Crippen LogP contribution >= 0.6 is 11.8 Å². The van der Waals surface area contributed by atoms with Crippen LogP contribution in [0.2, 0.25) is 0 Å². The highest BCUT2D eigenvalue weighted by Gasteiger charge is 2.27. The van der Waals surface area contributed by atoms with E-state index in [1.165, 1.54) is 17.8 Å². The number of aliphatic imine (C=N–C) groups is 1. The van der Waals surface area contributed by atoms with Crippen LogP contribution in [0, 0.1) is 5.82 Å². The Morgan fingerprint density at radius 1 is 1.30 bits per heavy atom. The predicted octanol–water partition coefficient (Wildman–Crippen LogP) is 2.13. The molecule has 4 nitrogen and oxygen atoms in total. The zero-order valence-electron chi connectivity index (χ0n) is 10.7. The number of amides is 1. The van der Waals surface area contributed by atoms with Gasteiger partial charge in [-0.3, -0.25) is 4.79 Å². The van der Waals surface area contributed by atoms with Gasteiger partial charge in [-0.2, -0.15) is 4.99 Å². The largest absolute Gasteiger partial charge is 0.378 e. The monoisotopic (exact) mass is 292 g/mol. The first-order chi connectivity index (χ1) is 9.74. The van der Waals surface area contributed by atoms with Crippen molar-refractivity contribution in [1.82, 2.24) is 4.90 Å². The fourth-order valence-electron chi connectivity index (χ4n) is 2.02. The summed E-state index contributed by atoms with van der Waals surface area (Å²) in [5.41, 5.74) is 0.404. The van der Waals surface area contributed by atoms with Crippen LogP contribution in [0.4, 0.5) is 4.39 Å². The van der Waals surface area contributed by atoms with Crippen molar-refractivity contribution in [2.24, 2.45) is 4.99 Å². The highest BCUT2D eigenvalue weighted by Crippen LogP contribution is 2.30. The summed E-state index contributed by atoms with van der Waals surface area (Å²) in [5.74, 6) is -0.645. The van der Waals surface area contributed by atoms with Crippen LogP contribution in [0.1, 0.15) is 5.56 Å². The van der Waals surface area contributed by atoms with Crippen LogP contribution < -0.4 is 0 Å². The van der Waals surface area contributed by atoms with Crippen molar-refractivity contribution in [1.29, 1.82) is 0 Å². The Labute approximate surface area is 120 Å². The molecule has 0 radical (unpaired) electrons. The van der Waals surface area contributed by atoms with E-state index in [-0.39, 0.29) is 11.7 Å². The minimum atomic E-state index is -0.340. The molecule has 2 aliphatic heterocycles. The molecule has 3 rings (SSSR count). The van der Waals surface area contributed by atoms with Gasteiger partial charge in [0.1, 0.15) is 5.82 Å². The average Bonchev–Trinajstić information content (AvgIpc) is 2.84. The number of amidine groups is 1. The van der Waals surface area contributed by atoms with Crippen molar-refractivity contribution in [2.75, 3.05) is 26.3 Å². The Bertz CT molecular complexity index is 595. The maximum Gasteiger partial charge on any atom is 0.286 e. The summed E-state index contributed by atoms with van der Waals surface area (Å²) in [6.07, 6.45) is 1.55. The highest BCUT2D eigenvalue weighted by atomic mass is 32.2. The zero-order valence-corrected chi connectivity index (χ0v) is 11.5. The van der Waals surface area contributed by atoms with E-state index in [1.807, 2.05) is 4.90 Å². The second-order valence-corrected chi connectivity index (χ2v) is 5.44. The number of rotatable bonds is 1. The summed E-state index contributed by atoms with van der Waals surface area (Å²) >= 11 is 1.29. The number of halogens is 1. The van der Waals surface area contributed by atoms with Crippen molar-refractivity contribution < 1.29 is 13.9 Å². The van der Waals surface area contributed by atoms with Crippen molar-refractivity contribution >= 4 is 28.9 Å². The number of hydrogen-bond donors (Lipinski definition) is 0. The molecule has 0 atom stereocenters. The number of carbonyl (C=O) groups is 1. The third-order valence-electron chi connectivity index (χ3n) is 3.08. The first-order valence-corrected chi connectivity index (χ1v) is 7.15. The van der Waals surface area contributed by atoms with Gasteiger partial charge >= 0.3 is 0 Å². The minimum Gasteiger partial charge on any atom is -0.378 e. The Kier molecular flexibility index (Phi) is 3.84. The lowest BCUT2D eigenvalue weighted by Gasteiger charge is -2.27. The summed E-state index contributed by atoms with van der Waals surface area (Å²) in [4.78, 5) is 18.4. The molecular weight excluding hydrogens is 279 g/mol. The second-order valence-electron chi connectivity index (χ2n) is 4.43. The van der Waals surface area contributed by atoms with Crippen LogP contribution in [-0.4, -0.2) is 42.3 Å². The van der Waals surface area contributed by atoms with Crippen LogP contribution in [0.5, 0.6) is 0 Å². The lowest BCUT2D eigenvalue weighted by molar-refractivity contribution is -0.113. The molecule has 20 heavy (non-hydrogen) atoms. The van der Waals surface area contributed by atoms with E-state index in [2.05, 4.69) is 4.99 Å². The van der Waals surface area contributed by atoms with Crippen LogP contribution in [0.15, 0.2) is 34.2 Å². The van der Waals surface area contributed by atoms with Crippen LogP contribution in [0.25, 0.3) is 6.08 Å². The number of morpholine rings is 1. The van der Waals surface area contributed by atoms with E-state index < -0.39 is 0 Å². The molecule has 104 valence electrons. The molecule has 1 amide bonds. The molecule has 1 aromatic carbocycles. The number of hydrogen-bond acceptors (Lipinski definition) is 4. The summed E-state index contributed by atoms with van der Waals surface area (Å²) in [7, 11) is 0. The van der Waals surface area contributed by atoms with Crippen molar-refractivity contribution in [3.8, 4) is 0 Å². The molecule has 0 aromatic heterocycles. The third-order valence-corrected chi connectivity index (χ3v) is 4.13. The quantitative estimate of drug-likeness (QED) is 0.744. The maximum atomic E-state index is 13.6. The Morgan fingerprint density at radius 2 is 2.05 bits per heavy atom. The number of nitrogens with zero attached hydrogens (tertiary/aromatic N) is 2. The summed E-state index contributed by atoms with van der Waals surface area (Å²) in [6.45, 7) is 2.73. The van der Waals surface area contributed by atoms with Gasteiger partial charge in [-0.1, -0.05) is 18.2 Å². The van der Waals surface area contributed by atoms with E-state index in [4.69, 9.17) is 4.74 Å². The molecule has 0 spiro atoms.